The van der Waals surface area contributed by atoms with Crippen LogP contribution >= 0.6 is 24.0 Å². The molecule has 1 saturated heterocycles. The Labute approximate surface area is 165 Å². The number of hydrogen-bond acceptors (Lipinski definition) is 4. The number of carbonyl (C=O) groups excluding carboxylic acids is 1. The van der Waals surface area contributed by atoms with Crippen molar-refractivity contribution in [1.82, 2.24) is 9.88 Å². The van der Waals surface area contributed by atoms with Gasteiger partial charge in [-0.1, -0.05) is 42.2 Å². The number of hydrogen-bond donors (Lipinski definition) is 1. The van der Waals surface area contributed by atoms with Crippen molar-refractivity contribution in [3.05, 3.63) is 71.0 Å². The molecule has 3 aromatic rings. The van der Waals surface area contributed by atoms with Crippen LogP contribution < -0.4 is 10.1 Å². The molecule has 0 aliphatic carbocycles. The van der Waals surface area contributed by atoms with Gasteiger partial charge < -0.3 is 14.6 Å². The second-order valence-electron chi connectivity index (χ2n) is 5.95. The molecule has 2 aromatic carbocycles. The Bertz CT molecular complexity index is 1060. The lowest BCUT2D eigenvalue weighted by Crippen LogP contribution is -2.17. The van der Waals surface area contributed by atoms with Gasteiger partial charge in [-0.3, -0.25) is 4.79 Å². The van der Waals surface area contributed by atoms with Crippen molar-refractivity contribution in [2.45, 2.75) is 6.54 Å². The number of nitrogens with zero attached hydrogens (tertiary/aromatic N) is 1. The zero-order valence-corrected chi connectivity index (χ0v) is 15.8. The number of nitrogens with one attached hydrogen (secondary N) is 1. The molecule has 0 saturated carbocycles. The minimum atomic E-state index is -0.287. The fraction of sp³-hybridized carbons (Fsp3) is 0.100. The van der Waals surface area contributed by atoms with Gasteiger partial charge in [0, 0.05) is 22.7 Å². The van der Waals surface area contributed by atoms with E-state index in [1.165, 1.54) is 23.9 Å². The number of para-hydroxylation sites is 1. The number of amides is 1. The molecule has 1 N–H and O–H groups in total. The standard InChI is InChI=1S/C20H15FN2O2S2/c21-14-5-7-15(8-6-14)25-10-9-23-12-13(16-3-1-2-4-17(16)23)11-18-19(24)22-20(26)27-18/h1-8,11-12H,9-10H2,(H,22,24,26)/b18-11-. The first-order valence-electron chi connectivity index (χ1n) is 8.31. The van der Waals surface area contributed by atoms with Gasteiger partial charge in [0.05, 0.1) is 11.4 Å². The van der Waals surface area contributed by atoms with Crippen molar-refractivity contribution in [2.75, 3.05) is 6.61 Å². The molecular formula is C20H15FN2O2S2. The summed E-state index contributed by atoms with van der Waals surface area (Å²) in [5, 5.41) is 3.69. The van der Waals surface area contributed by atoms with E-state index < -0.39 is 0 Å². The number of thiocarbonyl (C=S) groups is 1. The summed E-state index contributed by atoms with van der Waals surface area (Å²) in [7, 11) is 0. The zero-order valence-electron chi connectivity index (χ0n) is 14.1. The summed E-state index contributed by atoms with van der Waals surface area (Å²) < 4.78 is 21.2. The number of fused-ring (bicyclic) bond motifs is 1. The van der Waals surface area contributed by atoms with E-state index in [1.54, 1.807) is 12.1 Å². The van der Waals surface area contributed by atoms with Crippen LogP contribution in [0.5, 0.6) is 5.75 Å². The van der Waals surface area contributed by atoms with Gasteiger partial charge in [0.25, 0.3) is 5.91 Å². The van der Waals surface area contributed by atoms with E-state index in [2.05, 4.69) is 9.88 Å². The lowest BCUT2D eigenvalue weighted by Gasteiger charge is -2.08. The Morgan fingerprint density at radius 2 is 1.96 bits per heavy atom. The third-order valence-electron chi connectivity index (χ3n) is 4.16. The molecule has 0 radical (unpaired) electrons. The SMILES string of the molecule is O=C1NC(=S)S/C1=C\c1cn(CCOc2ccc(F)cc2)c2ccccc12. The van der Waals surface area contributed by atoms with Crippen LogP contribution in [0.3, 0.4) is 0 Å². The highest BCUT2D eigenvalue weighted by molar-refractivity contribution is 8.26. The summed E-state index contributed by atoms with van der Waals surface area (Å²) in [5.41, 5.74) is 2.01. The minimum Gasteiger partial charge on any atom is -0.492 e. The molecule has 0 spiro atoms. The lowest BCUT2D eigenvalue weighted by molar-refractivity contribution is -0.115. The summed E-state index contributed by atoms with van der Waals surface area (Å²) >= 11 is 6.32. The highest BCUT2D eigenvalue weighted by atomic mass is 32.2. The van der Waals surface area contributed by atoms with E-state index in [4.69, 9.17) is 17.0 Å². The summed E-state index contributed by atoms with van der Waals surface area (Å²) in [5.74, 6) is 0.175. The predicted octanol–water partition coefficient (Wildman–Crippen LogP) is 4.35. The Hall–Kier alpha value is -2.64. The highest BCUT2D eigenvalue weighted by Crippen LogP contribution is 2.29. The Morgan fingerprint density at radius 1 is 1.19 bits per heavy atom. The van der Waals surface area contributed by atoms with Crippen molar-refractivity contribution in [1.29, 1.82) is 0 Å². The Morgan fingerprint density at radius 3 is 2.70 bits per heavy atom. The molecule has 27 heavy (non-hydrogen) atoms. The van der Waals surface area contributed by atoms with Gasteiger partial charge in [0.2, 0.25) is 0 Å². The molecule has 0 atom stereocenters. The molecule has 1 amide bonds. The van der Waals surface area contributed by atoms with Crippen LogP contribution in [0.15, 0.2) is 59.6 Å². The molecule has 1 fully saturated rings. The van der Waals surface area contributed by atoms with Crippen molar-refractivity contribution in [3.63, 3.8) is 0 Å². The first-order chi connectivity index (χ1) is 13.1. The molecular weight excluding hydrogens is 383 g/mol. The maximum atomic E-state index is 13.0. The van der Waals surface area contributed by atoms with E-state index in [1.807, 2.05) is 36.5 Å². The second-order valence-corrected chi connectivity index (χ2v) is 7.67. The molecule has 1 aliphatic rings. The highest BCUT2D eigenvalue weighted by Gasteiger charge is 2.22. The number of rotatable bonds is 5. The number of aromatic nitrogens is 1. The van der Waals surface area contributed by atoms with Crippen LogP contribution in [0, 0.1) is 5.82 Å². The summed E-state index contributed by atoms with van der Waals surface area (Å²) in [4.78, 5) is 12.5. The summed E-state index contributed by atoms with van der Waals surface area (Å²) in [6.45, 7) is 1.07. The smallest absolute Gasteiger partial charge is 0.263 e. The maximum Gasteiger partial charge on any atom is 0.263 e. The van der Waals surface area contributed by atoms with Gasteiger partial charge in [-0.15, -0.1) is 0 Å². The lowest BCUT2D eigenvalue weighted by atomic mass is 10.1. The fourth-order valence-corrected chi connectivity index (χ4v) is 3.97. The molecule has 2 heterocycles. The largest absolute Gasteiger partial charge is 0.492 e. The Balaban J connectivity index is 1.56. The van der Waals surface area contributed by atoms with Gasteiger partial charge >= 0.3 is 0 Å². The first-order valence-corrected chi connectivity index (χ1v) is 9.54. The van der Waals surface area contributed by atoms with E-state index in [0.717, 1.165) is 16.5 Å². The van der Waals surface area contributed by atoms with Crippen LogP contribution in [-0.2, 0) is 11.3 Å². The first kappa shape index (κ1) is 17.8. The number of ether oxygens (including phenoxy) is 1. The van der Waals surface area contributed by atoms with Gasteiger partial charge in [0.15, 0.2) is 0 Å². The second kappa shape index (κ2) is 7.54. The van der Waals surface area contributed by atoms with Crippen LogP contribution in [0.25, 0.3) is 17.0 Å². The molecule has 4 rings (SSSR count). The van der Waals surface area contributed by atoms with Gasteiger partial charge in [-0.2, -0.15) is 0 Å². The van der Waals surface area contributed by atoms with Crippen molar-refractivity contribution < 1.29 is 13.9 Å². The molecule has 1 aliphatic heterocycles. The van der Waals surface area contributed by atoms with Crippen molar-refractivity contribution in [2.24, 2.45) is 0 Å². The average molecular weight is 398 g/mol. The fourth-order valence-electron chi connectivity index (χ4n) is 2.93. The zero-order chi connectivity index (χ0) is 18.8. The van der Waals surface area contributed by atoms with Crippen LogP contribution in [0.4, 0.5) is 4.39 Å². The average Bonchev–Trinajstić information content (AvgIpc) is 3.17. The summed E-state index contributed by atoms with van der Waals surface area (Å²) in [6.07, 6.45) is 3.86. The van der Waals surface area contributed by atoms with Gasteiger partial charge in [0.1, 0.15) is 22.5 Å². The molecule has 4 nitrogen and oxygen atoms in total. The van der Waals surface area contributed by atoms with E-state index in [0.29, 0.717) is 28.1 Å². The van der Waals surface area contributed by atoms with Crippen molar-refractivity contribution in [3.8, 4) is 5.75 Å². The quantitative estimate of drug-likeness (QED) is 0.513. The van der Waals surface area contributed by atoms with Gasteiger partial charge in [-0.05, 0) is 36.4 Å². The third-order valence-corrected chi connectivity index (χ3v) is 5.33. The molecule has 136 valence electrons. The molecule has 1 aromatic heterocycles. The van der Waals surface area contributed by atoms with E-state index in [-0.39, 0.29) is 11.7 Å². The predicted molar refractivity (Wildman–Crippen MR) is 110 cm³/mol. The van der Waals surface area contributed by atoms with Crippen LogP contribution in [0.2, 0.25) is 0 Å². The number of benzene rings is 2. The Kier molecular flexibility index (Phi) is 4.96. The molecule has 7 heteroatoms. The normalized spacial score (nSPS) is 15.5. The topological polar surface area (TPSA) is 43.3 Å². The van der Waals surface area contributed by atoms with E-state index >= 15 is 0 Å². The third kappa shape index (κ3) is 3.89. The number of halogens is 1. The van der Waals surface area contributed by atoms with Crippen molar-refractivity contribution >= 4 is 51.2 Å². The monoisotopic (exact) mass is 398 g/mol. The number of carbonyl (C=O) groups is 1. The minimum absolute atomic E-state index is 0.165. The molecule has 0 unspecified atom stereocenters. The van der Waals surface area contributed by atoms with Crippen LogP contribution in [0.1, 0.15) is 5.56 Å². The maximum absolute atomic E-state index is 13.0. The van der Waals surface area contributed by atoms with E-state index in [9.17, 15) is 9.18 Å². The van der Waals surface area contributed by atoms with Gasteiger partial charge in [-0.25, -0.2) is 4.39 Å². The summed E-state index contributed by atoms with van der Waals surface area (Å²) in [6, 6.07) is 14.0. The molecule has 0 bridgehead atoms. The van der Waals surface area contributed by atoms with Crippen LogP contribution in [-0.4, -0.2) is 21.4 Å². The number of thioether (sulfide) groups is 1.